The first-order valence-electron chi connectivity index (χ1n) is 15.8. The number of sulfone groups is 1. The molecular weight excluding hydrogens is 728 g/mol. The standard InChI is InChI=1S/C18H20ClN3O3S.C18H17N3O4S/c1-12-7-9-14(10-8-12)26(23,24)18-13(2)25-22(11-19)17(18)15-5-3-4-6-16(15)21-20;1-12-8-10-15(11-9-12)26(23,24)21-19-18(22)16-13(2)25-20-17(16)14-6-4-3-5-7-14/h3-10,15,17H,11,20H2,1-2H3;3-11,21H,1-2H3,(H,19,22). The third-order valence-electron chi connectivity index (χ3n) is 8.21. The summed E-state index contributed by atoms with van der Waals surface area (Å²) in [6, 6.07) is 21.4. The van der Waals surface area contributed by atoms with Crippen LogP contribution in [0.3, 0.4) is 0 Å². The van der Waals surface area contributed by atoms with Crippen molar-refractivity contribution < 1.29 is 31.0 Å². The van der Waals surface area contributed by atoms with Gasteiger partial charge < -0.3 is 15.2 Å². The zero-order valence-corrected chi connectivity index (χ0v) is 31.0. The molecule has 3 aromatic carbocycles. The number of sulfonamides is 1. The van der Waals surface area contributed by atoms with Gasteiger partial charge >= 0.3 is 0 Å². The van der Waals surface area contributed by atoms with Crippen molar-refractivity contribution in [1.82, 2.24) is 20.5 Å². The molecule has 4 N–H and O–H groups in total. The maximum Gasteiger partial charge on any atom is 0.272 e. The molecular formula is C36H37ClN6O7S2. The number of benzene rings is 3. The Morgan fingerprint density at radius 1 is 0.904 bits per heavy atom. The molecule has 0 fully saturated rings. The second-order valence-electron chi connectivity index (χ2n) is 11.8. The van der Waals surface area contributed by atoms with Crippen molar-refractivity contribution in [2.45, 2.75) is 43.5 Å². The third kappa shape index (κ3) is 8.19. The first-order chi connectivity index (χ1) is 24.8. The molecule has 1 aliphatic carbocycles. The number of hydrogen-bond acceptors (Lipinski definition) is 11. The molecule has 13 nitrogen and oxygen atoms in total. The Morgan fingerprint density at radius 3 is 2.12 bits per heavy atom. The molecule has 0 spiro atoms. The Balaban J connectivity index is 0.000000201. The number of hydrazine groups is 1. The van der Waals surface area contributed by atoms with E-state index in [-0.39, 0.29) is 32.0 Å². The van der Waals surface area contributed by atoms with Gasteiger partial charge in [0.05, 0.1) is 21.5 Å². The summed E-state index contributed by atoms with van der Waals surface area (Å²) in [5.74, 6) is 5.05. The van der Waals surface area contributed by atoms with Crippen molar-refractivity contribution in [1.29, 1.82) is 0 Å². The minimum atomic E-state index is -3.89. The molecule has 2 heterocycles. The Hall–Kier alpha value is -5.06. The van der Waals surface area contributed by atoms with Crippen LogP contribution in [0, 0.1) is 26.7 Å². The van der Waals surface area contributed by atoms with Crippen LogP contribution in [0.25, 0.3) is 11.3 Å². The zero-order chi connectivity index (χ0) is 37.6. The first kappa shape index (κ1) is 38.2. The number of rotatable bonds is 9. The molecule has 272 valence electrons. The summed E-state index contributed by atoms with van der Waals surface area (Å²) >= 11 is 6.03. The van der Waals surface area contributed by atoms with Crippen LogP contribution >= 0.6 is 11.6 Å². The number of nitrogens with one attached hydrogen (secondary N) is 2. The van der Waals surface area contributed by atoms with Crippen LogP contribution in [-0.4, -0.2) is 50.7 Å². The van der Waals surface area contributed by atoms with Crippen molar-refractivity contribution in [3.8, 4) is 11.3 Å². The van der Waals surface area contributed by atoms with Gasteiger partial charge in [0.15, 0.2) is 0 Å². The third-order valence-corrected chi connectivity index (χ3v) is 11.7. The molecule has 0 saturated heterocycles. The van der Waals surface area contributed by atoms with Crippen molar-refractivity contribution in [2.75, 3.05) is 6.00 Å². The number of aryl methyl sites for hydroxylation is 3. The molecule has 1 aromatic heterocycles. The molecule has 6 rings (SSSR count). The van der Waals surface area contributed by atoms with Crippen molar-refractivity contribution in [2.24, 2.45) is 16.9 Å². The van der Waals surface area contributed by atoms with Crippen LogP contribution in [0.4, 0.5) is 0 Å². The van der Waals surface area contributed by atoms with Gasteiger partial charge in [-0.3, -0.25) is 10.2 Å². The second kappa shape index (κ2) is 16.1. The van der Waals surface area contributed by atoms with Gasteiger partial charge in [-0.05, 0) is 58.0 Å². The predicted octanol–water partition coefficient (Wildman–Crippen LogP) is 5.45. The number of nitrogens with zero attached hydrogens (tertiary/aromatic N) is 3. The minimum Gasteiger partial charge on any atom is -0.408 e. The number of hydrogen-bond donors (Lipinski definition) is 3. The van der Waals surface area contributed by atoms with Crippen molar-refractivity contribution in [3.63, 3.8) is 0 Å². The maximum atomic E-state index is 13.3. The van der Waals surface area contributed by atoms with Crippen LogP contribution in [-0.2, 0) is 24.7 Å². The fraction of sp³-hybridized carbons (Fsp3) is 0.194. The van der Waals surface area contributed by atoms with Gasteiger partial charge in [0.25, 0.3) is 15.9 Å². The van der Waals surface area contributed by atoms with Gasteiger partial charge in [0, 0.05) is 11.5 Å². The number of halogens is 1. The Morgan fingerprint density at radius 2 is 1.52 bits per heavy atom. The van der Waals surface area contributed by atoms with Crippen molar-refractivity contribution in [3.05, 3.63) is 136 Å². The summed E-state index contributed by atoms with van der Waals surface area (Å²) in [6.07, 6.45) is 7.23. The second-order valence-corrected chi connectivity index (χ2v) is 15.7. The zero-order valence-electron chi connectivity index (χ0n) is 28.6. The van der Waals surface area contributed by atoms with Gasteiger partial charge in [0.1, 0.15) is 33.7 Å². The highest BCUT2D eigenvalue weighted by molar-refractivity contribution is 7.95. The molecule has 4 aromatic rings. The van der Waals surface area contributed by atoms with Crippen LogP contribution in [0.2, 0.25) is 0 Å². The molecule has 1 aliphatic heterocycles. The van der Waals surface area contributed by atoms with E-state index in [1.54, 1.807) is 86.7 Å². The van der Waals surface area contributed by atoms with E-state index in [0.717, 1.165) is 11.1 Å². The molecule has 16 heteroatoms. The number of nitrogens with two attached hydrogens (primary N) is 1. The van der Waals surface area contributed by atoms with E-state index in [1.165, 1.54) is 17.2 Å². The van der Waals surface area contributed by atoms with E-state index < -0.39 is 37.7 Å². The topological polar surface area (TPSA) is 186 Å². The Labute approximate surface area is 307 Å². The summed E-state index contributed by atoms with van der Waals surface area (Å²) in [5, 5.41) is 9.15. The van der Waals surface area contributed by atoms with Gasteiger partial charge in [-0.15, -0.1) is 21.5 Å². The van der Waals surface area contributed by atoms with E-state index >= 15 is 0 Å². The smallest absolute Gasteiger partial charge is 0.272 e. The maximum absolute atomic E-state index is 13.3. The molecule has 0 saturated carbocycles. The van der Waals surface area contributed by atoms with E-state index in [2.05, 4.69) is 20.5 Å². The van der Waals surface area contributed by atoms with Crippen molar-refractivity contribution >= 4 is 43.1 Å². The van der Waals surface area contributed by atoms with E-state index in [9.17, 15) is 21.6 Å². The summed E-state index contributed by atoms with van der Waals surface area (Å²) in [6.45, 7) is 6.97. The number of carbonyl (C=O) groups excluding carboxylic acids is 1. The highest BCUT2D eigenvalue weighted by atomic mass is 35.5. The lowest BCUT2D eigenvalue weighted by molar-refractivity contribution is -0.104. The number of alkyl halides is 1. The number of allylic oxidation sites excluding steroid dienone is 4. The Bertz CT molecular complexity index is 2270. The van der Waals surface area contributed by atoms with Crippen LogP contribution < -0.4 is 16.1 Å². The average molecular weight is 765 g/mol. The molecule has 0 radical (unpaired) electrons. The van der Waals surface area contributed by atoms with Crippen LogP contribution in [0.1, 0.15) is 34.2 Å². The fourth-order valence-corrected chi connectivity index (χ4v) is 8.36. The summed E-state index contributed by atoms with van der Waals surface area (Å²) in [5.41, 5.74) is 5.88. The van der Waals surface area contributed by atoms with Gasteiger partial charge in [-0.25, -0.2) is 16.8 Å². The van der Waals surface area contributed by atoms with Gasteiger partial charge in [-0.2, -0.15) is 5.10 Å². The lowest BCUT2D eigenvalue weighted by atomic mass is 9.90. The Kier molecular flexibility index (Phi) is 11.8. The highest BCUT2D eigenvalue weighted by Crippen LogP contribution is 2.39. The quantitative estimate of drug-likeness (QED) is 0.0857. The number of amides is 1. The minimum absolute atomic E-state index is 0.000824. The molecule has 0 bridgehead atoms. The van der Waals surface area contributed by atoms with Gasteiger partial charge in [-0.1, -0.05) is 89.1 Å². The van der Waals surface area contributed by atoms with E-state index in [1.807, 2.05) is 32.1 Å². The van der Waals surface area contributed by atoms with Crippen LogP contribution in [0.5, 0.6) is 0 Å². The summed E-state index contributed by atoms with van der Waals surface area (Å²) in [4.78, 5) is 20.7. The average Bonchev–Trinajstić information content (AvgIpc) is 3.71. The summed E-state index contributed by atoms with van der Waals surface area (Å²) in [7, 11) is -7.66. The molecule has 1 amide bonds. The van der Waals surface area contributed by atoms with Crippen LogP contribution in [0.15, 0.2) is 133 Å². The number of hydrazone groups is 1. The predicted molar refractivity (Wildman–Crippen MR) is 198 cm³/mol. The molecule has 2 atom stereocenters. The number of carbonyl (C=O) groups is 1. The summed E-state index contributed by atoms with van der Waals surface area (Å²) < 4.78 is 56.4. The fourth-order valence-electron chi connectivity index (χ4n) is 5.58. The first-order valence-corrected chi connectivity index (χ1v) is 19.3. The largest absolute Gasteiger partial charge is 0.408 e. The number of hydroxylamine groups is 2. The molecule has 2 unspecified atom stereocenters. The lowest BCUT2D eigenvalue weighted by Gasteiger charge is -2.29. The van der Waals surface area contributed by atoms with E-state index in [0.29, 0.717) is 22.7 Å². The molecule has 52 heavy (non-hydrogen) atoms. The molecule has 2 aliphatic rings. The van der Waals surface area contributed by atoms with E-state index in [4.69, 9.17) is 26.8 Å². The normalized spacial score (nSPS) is 18.2. The SMILES string of the molecule is CC1=C(S(=O)(=O)c2ccc(C)cc2)C(C2C=CC=CC2=NN)N(CCl)O1.Cc1ccc(S(=O)(=O)NNC(=O)c2c(-c3ccccc3)noc2C)cc1. The number of aromatic nitrogens is 1. The lowest BCUT2D eigenvalue weighted by Crippen LogP contribution is -2.41. The highest BCUT2D eigenvalue weighted by Gasteiger charge is 2.46. The van der Waals surface area contributed by atoms with Gasteiger partial charge in [0.2, 0.25) is 9.84 Å². The monoisotopic (exact) mass is 764 g/mol.